The van der Waals surface area contributed by atoms with Crippen LogP contribution in [0.3, 0.4) is 0 Å². The Morgan fingerprint density at radius 3 is 2.69 bits per heavy atom. The number of nitrogen functional groups attached to an aromatic ring is 1. The Labute approximate surface area is 154 Å². The molecule has 8 heteroatoms. The average molecular weight is 356 g/mol. The van der Waals surface area contributed by atoms with E-state index in [0.29, 0.717) is 11.9 Å². The van der Waals surface area contributed by atoms with Crippen molar-refractivity contribution in [1.82, 2.24) is 29.6 Å². The SMILES string of the molecule is Cc1cc(N2CCC[C@H](c3nnc(CN4CCCC4)n3C)C2)nc(N)n1. The zero-order valence-corrected chi connectivity index (χ0v) is 15.7. The first-order chi connectivity index (χ1) is 12.6. The van der Waals surface area contributed by atoms with E-state index in [1.54, 1.807) is 0 Å². The largest absolute Gasteiger partial charge is 0.368 e. The molecule has 8 nitrogen and oxygen atoms in total. The molecule has 2 aromatic rings. The number of aryl methyl sites for hydroxylation is 1. The molecule has 2 fully saturated rings. The van der Waals surface area contributed by atoms with Crippen LogP contribution in [0.2, 0.25) is 0 Å². The van der Waals surface area contributed by atoms with Crippen LogP contribution < -0.4 is 10.6 Å². The molecule has 2 aliphatic heterocycles. The van der Waals surface area contributed by atoms with Crippen LogP contribution in [0, 0.1) is 6.92 Å². The van der Waals surface area contributed by atoms with Crippen molar-refractivity contribution >= 4 is 11.8 Å². The summed E-state index contributed by atoms with van der Waals surface area (Å²) in [5, 5.41) is 9.03. The minimum absolute atomic E-state index is 0.341. The number of anilines is 2. The molecule has 140 valence electrons. The van der Waals surface area contributed by atoms with Gasteiger partial charge in [0.1, 0.15) is 17.5 Å². The lowest BCUT2D eigenvalue weighted by Crippen LogP contribution is -2.36. The van der Waals surface area contributed by atoms with Crippen LogP contribution in [-0.4, -0.2) is 55.8 Å². The highest BCUT2D eigenvalue weighted by molar-refractivity contribution is 5.44. The number of hydrogen-bond donors (Lipinski definition) is 1. The van der Waals surface area contributed by atoms with Gasteiger partial charge in [-0.2, -0.15) is 4.98 Å². The number of rotatable bonds is 4. The fourth-order valence-electron chi connectivity index (χ4n) is 4.14. The Kier molecular flexibility index (Phi) is 4.76. The lowest BCUT2D eigenvalue weighted by atomic mass is 9.97. The molecule has 2 aromatic heterocycles. The molecule has 0 radical (unpaired) electrons. The molecule has 1 atom stereocenters. The summed E-state index contributed by atoms with van der Waals surface area (Å²) in [7, 11) is 2.10. The monoisotopic (exact) mass is 356 g/mol. The summed E-state index contributed by atoms with van der Waals surface area (Å²) in [6, 6.07) is 2.01. The van der Waals surface area contributed by atoms with Crippen LogP contribution in [0.4, 0.5) is 11.8 Å². The summed E-state index contributed by atoms with van der Waals surface area (Å²) >= 11 is 0. The number of hydrogen-bond acceptors (Lipinski definition) is 7. The van der Waals surface area contributed by atoms with E-state index in [-0.39, 0.29) is 0 Å². The molecular formula is C18H28N8. The maximum Gasteiger partial charge on any atom is 0.222 e. The molecule has 0 aromatic carbocycles. The van der Waals surface area contributed by atoms with E-state index in [0.717, 1.165) is 55.6 Å². The zero-order valence-electron chi connectivity index (χ0n) is 15.7. The molecule has 2 N–H and O–H groups in total. The van der Waals surface area contributed by atoms with Crippen LogP contribution in [-0.2, 0) is 13.6 Å². The smallest absolute Gasteiger partial charge is 0.222 e. The van der Waals surface area contributed by atoms with E-state index in [1.165, 1.54) is 25.9 Å². The third-order valence-corrected chi connectivity index (χ3v) is 5.53. The molecule has 0 saturated carbocycles. The summed E-state index contributed by atoms with van der Waals surface area (Å²) in [4.78, 5) is 13.4. The predicted molar refractivity (Wildman–Crippen MR) is 101 cm³/mol. The van der Waals surface area contributed by atoms with Gasteiger partial charge < -0.3 is 15.2 Å². The van der Waals surface area contributed by atoms with E-state index in [4.69, 9.17) is 5.73 Å². The molecule has 0 bridgehead atoms. The highest BCUT2D eigenvalue weighted by Crippen LogP contribution is 2.29. The van der Waals surface area contributed by atoms with Crippen molar-refractivity contribution < 1.29 is 0 Å². The first kappa shape index (κ1) is 17.2. The van der Waals surface area contributed by atoms with Gasteiger partial charge in [0.05, 0.1) is 6.54 Å². The van der Waals surface area contributed by atoms with Gasteiger partial charge in [-0.05, 0) is 45.7 Å². The molecule has 0 aliphatic carbocycles. The van der Waals surface area contributed by atoms with E-state index in [1.807, 2.05) is 13.0 Å². The van der Waals surface area contributed by atoms with E-state index < -0.39 is 0 Å². The van der Waals surface area contributed by atoms with Crippen molar-refractivity contribution in [3.05, 3.63) is 23.4 Å². The van der Waals surface area contributed by atoms with Gasteiger partial charge in [-0.1, -0.05) is 0 Å². The number of nitrogens with zero attached hydrogens (tertiary/aromatic N) is 7. The summed E-state index contributed by atoms with van der Waals surface area (Å²) in [6.45, 7) is 7.09. The average Bonchev–Trinajstić information content (AvgIpc) is 3.25. The minimum atomic E-state index is 0.341. The molecule has 0 amide bonds. The molecule has 2 aliphatic rings. The van der Waals surface area contributed by atoms with Crippen LogP contribution in [0.1, 0.15) is 48.9 Å². The molecule has 0 spiro atoms. The Balaban J connectivity index is 1.50. The number of aromatic nitrogens is 5. The van der Waals surface area contributed by atoms with E-state index in [2.05, 4.69) is 41.6 Å². The summed E-state index contributed by atoms with van der Waals surface area (Å²) < 4.78 is 2.20. The van der Waals surface area contributed by atoms with Gasteiger partial charge in [-0.25, -0.2) is 4.98 Å². The normalized spacial score (nSPS) is 21.5. The molecule has 4 rings (SSSR count). The summed E-state index contributed by atoms with van der Waals surface area (Å²) in [5.74, 6) is 3.78. The fourth-order valence-corrected chi connectivity index (χ4v) is 4.14. The Bertz CT molecular complexity index is 744. The predicted octanol–water partition coefficient (Wildman–Crippen LogP) is 1.48. The zero-order chi connectivity index (χ0) is 18.1. The second-order valence-electron chi connectivity index (χ2n) is 7.53. The Morgan fingerprint density at radius 2 is 1.92 bits per heavy atom. The quantitative estimate of drug-likeness (QED) is 0.887. The third kappa shape index (κ3) is 3.51. The van der Waals surface area contributed by atoms with E-state index >= 15 is 0 Å². The van der Waals surface area contributed by atoms with Gasteiger partial charge in [-0.3, -0.25) is 4.90 Å². The number of nitrogens with two attached hydrogens (primary N) is 1. The second-order valence-corrected chi connectivity index (χ2v) is 7.53. The fraction of sp³-hybridized carbons (Fsp3) is 0.667. The van der Waals surface area contributed by atoms with Gasteiger partial charge in [0.15, 0.2) is 0 Å². The van der Waals surface area contributed by atoms with Crippen molar-refractivity contribution in [2.24, 2.45) is 7.05 Å². The van der Waals surface area contributed by atoms with Crippen molar-refractivity contribution in [3.8, 4) is 0 Å². The van der Waals surface area contributed by atoms with Crippen molar-refractivity contribution in [2.75, 3.05) is 36.8 Å². The highest BCUT2D eigenvalue weighted by Gasteiger charge is 2.27. The van der Waals surface area contributed by atoms with Crippen molar-refractivity contribution in [1.29, 1.82) is 0 Å². The molecular weight excluding hydrogens is 328 g/mol. The van der Waals surface area contributed by atoms with Crippen LogP contribution in [0.25, 0.3) is 0 Å². The standard InChI is InChI=1S/C18H28N8/c1-13-10-15(21-18(19)20-13)26-9-5-6-14(11-26)17-23-22-16(24(17)2)12-25-7-3-4-8-25/h10,14H,3-9,11-12H2,1-2H3,(H2,19,20,21)/t14-/m0/s1. The van der Waals surface area contributed by atoms with Crippen LogP contribution in [0.5, 0.6) is 0 Å². The highest BCUT2D eigenvalue weighted by atomic mass is 15.3. The molecule has 26 heavy (non-hydrogen) atoms. The summed E-state index contributed by atoms with van der Waals surface area (Å²) in [5.41, 5.74) is 6.74. The van der Waals surface area contributed by atoms with Crippen molar-refractivity contribution in [3.63, 3.8) is 0 Å². The van der Waals surface area contributed by atoms with E-state index in [9.17, 15) is 0 Å². The number of piperidine rings is 1. The van der Waals surface area contributed by atoms with Crippen LogP contribution >= 0.6 is 0 Å². The Morgan fingerprint density at radius 1 is 1.12 bits per heavy atom. The second kappa shape index (κ2) is 7.19. The first-order valence-electron chi connectivity index (χ1n) is 9.57. The number of likely N-dealkylation sites (tertiary alicyclic amines) is 1. The van der Waals surface area contributed by atoms with Crippen molar-refractivity contribution in [2.45, 2.75) is 45.1 Å². The molecule has 2 saturated heterocycles. The minimum Gasteiger partial charge on any atom is -0.368 e. The van der Waals surface area contributed by atoms with Gasteiger partial charge in [0.2, 0.25) is 5.95 Å². The lowest BCUT2D eigenvalue weighted by molar-refractivity contribution is 0.317. The van der Waals surface area contributed by atoms with Gasteiger partial charge in [0.25, 0.3) is 0 Å². The van der Waals surface area contributed by atoms with Crippen LogP contribution in [0.15, 0.2) is 6.07 Å². The molecule has 4 heterocycles. The first-order valence-corrected chi connectivity index (χ1v) is 9.57. The maximum atomic E-state index is 5.84. The van der Waals surface area contributed by atoms with Gasteiger partial charge >= 0.3 is 0 Å². The van der Waals surface area contributed by atoms with Gasteiger partial charge in [-0.15, -0.1) is 10.2 Å². The topological polar surface area (TPSA) is 89.0 Å². The Hall–Kier alpha value is -2.22. The summed E-state index contributed by atoms with van der Waals surface area (Å²) in [6.07, 6.45) is 4.83. The lowest BCUT2D eigenvalue weighted by Gasteiger charge is -2.33. The maximum absolute atomic E-state index is 5.84. The van der Waals surface area contributed by atoms with Gasteiger partial charge in [0, 0.05) is 37.8 Å². The molecule has 0 unspecified atom stereocenters. The third-order valence-electron chi connectivity index (χ3n) is 5.53.